The maximum Gasteiger partial charge on any atom is 0.243 e. The van der Waals surface area contributed by atoms with Gasteiger partial charge in [-0.1, -0.05) is 0 Å². The summed E-state index contributed by atoms with van der Waals surface area (Å²) in [7, 11) is -3.77. The van der Waals surface area contributed by atoms with Crippen LogP contribution in [0.1, 0.15) is 25.7 Å². The van der Waals surface area contributed by atoms with Gasteiger partial charge in [-0.3, -0.25) is 0 Å². The number of hydrogen-bond donors (Lipinski definition) is 1. The highest BCUT2D eigenvalue weighted by Crippen LogP contribution is 2.29. The molecule has 1 saturated heterocycles. The molecule has 1 aliphatic rings. The summed E-state index contributed by atoms with van der Waals surface area (Å²) in [6, 6.07) is 2.58. The van der Waals surface area contributed by atoms with Gasteiger partial charge in [-0.2, -0.15) is 4.31 Å². The minimum absolute atomic E-state index is 0.100. The van der Waals surface area contributed by atoms with E-state index < -0.39 is 21.7 Å². The fourth-order valence-corrected chi connectivity index (χ4v) is 4.28. The Balaban J connectivity index is 2.26. The first-order valence-electron chi connectivity index (χ1n) is 6.64. The smallest absolute Gasteiger partial charge is 0.243 e. The number of halogens is 2. The van der Waals surface area contributed by atoms with Gasteiger partial charge < -0.3 is 5.73 Å². The van der Waals surface area contributed by atoms with Gasteiger partial charge in [-0.15, -0.1) is 0 Å². The van der Waals surface area contributed by atoms with Crippen molar-refractivity contribution in [3.63, 3.8) is 0 Å². The number of nitrogens with zero attached hydrogens (tertiary/aromatic N) is 1. The summed E-state index contributed by atoms with van der Waals surface area (Å²) in [5, 5.41) is 0. The lowest BCUT2D eigenvalue weighted by Gasteiger charge is -2.24. The first-order chi connectivity index (χ1) is 9.46. The second-order valence-corrected chi connectivity index (χ2v) is 6.81. The summed E-state index contributed by atoms with van der Waals surface area (Å²) >= 11 is 0. The normalized spacial score (nSPS) is 20.4. The molecule has 1 aromatic rings. The van der Waals surface area contributed by atoms with Gasteiger partial charge in [0.2, 0.25) is 10.0 Å². The molecular formula is C13H18F2N2O2S. The summed E-state index contributed by atoms with van der Waals surface area (Å²) in [4.78, 5) is -0.198. The van der Waals surface area contributed by atoms with E-state index in [4.69, 9.17) is 5.73 Å². The molecule has 0 spiro atoms. The Morgan fingerprint density at radius 2 is 2.05 bits per heavy atom. The van der Waals surface area contributed by atoms with E-state index >= 15 is 0 Å². The van der Waals surface area contributed by atoms with E-state index in [0.29, 0.717) is 19.5 Å². The van der Waals surface area contributed by atoms with E-state index in [1.165, 1.54) is 4.31 Å². The van der Waals surface area contributed by atoms with Crippen molar-refractivity contribution >= 4 is 10.0 Å². The molecule has 4 nitrogen and oxygen atoms in total. The number of hydrogen-bond acceptors (Lipinski definition) is 3. The molecule has 0 bridgehead atoms. The summed E-state index contributed by atoms with van der Waals surface area (Å²) in [6.07, 6.45) is 2.99. The topological polar surface area (TPSA) is 63.4 Å². The van der Waals surface area contributed by atoms with E-state index in [9.17, 15) is 17.2 Å². The Hall–Kier alpha value is -1.05. The quantitative estimate of drug-likeness (QED) is 0.903. The van der Waals surface area contributed by atoms with Gasteiger partial charge in [0, 0.05) is 12.6 Å². The maximum absolute atomic E-state index is 13.2. The molecule has 0 amide bonds. The highest BCUT2D eigenvalue weighted by molar-refractivity contribution is 7.89. The van der Waals surface area contributed by atoms with E-state index in [-0.39, 0.29) is 10.9 Å². The molecule has 1 heterocycles. The lowest BCUT2D eigenvalue weighted by molar-refractivity contribution is 0.365. The SMILES string of the molecule is NCCCC1CCCN1S(=O)(=O)c1ccc(F)c(F)c1. The number of rotatable bonds is 5. The molecule has 2 N–H and O–H groups in total. The molecule has 1 unspecified atom stereocenters. The Kier molecular flexibility index (Phi) is 4.72. The Morgan fingerprint density at radius 1 is 1.30 bits per heavy atom. The van der Waals surface area contributed by atoms with Crippen molar-refractivity contribution < 1.29 is 17.2 Å². The molecule has 20 heavy (non-hydrogen) atoms. The maximum atomic E-state index is 13.2. The van der Waals surface area contributed by atoms with Gasteiger partial charge in [-0.05, 0) is 50.4 Å². The van der Waals surface area contributed by atoms with Crippen molar-refractivity contribution in [2.24, 2.45) is 5.73 Å². The average molecular weight is 304 g/mol. The van der Waals surface area contributed by atoms with Crippen LogP contribution in [0.4, 0.5) is 8.78 Å². The van der Waals surface area contributed by atoms with Crippen LogP contribution in [0.25, 0.3) is 0 Å². The fourth-order valence-electron chi connectivity index (χ4n) is 2.54. The zero-order chi connectivity index (χ0) is 14.8. The predicted molar refractivity (Wildman–Crippen MR) is 71.6 cm³/mol. The van der Waals surface area contributed by atoms with Gasteiger partial charge in [0.1, 0.15) is 0 Å². The molecule has 2 rings (SSSR count). The van der Waals surface area contributed by atoms with Crippen LogP contribution in [0.15, 0.2) is 23.1 Å². The second kappa shape index (κ2) is 6.15. The van der Waals surface area contributed by atoms with E-state index in [1.54, 1.807) is 0 Å². The standard InChI is InChI=1S/C13H18F2N2O2S/c14-12-6-5-11(9-13(12)15)20(18,19)17-8-2-4-10(17)3-1-7-16/h5-6,9-10H,1-4,7-8,16H2. The molecular weight excluding hydrogens is 286 g/mol. The summed E-state index contributed by atoms with van der Waals surface area (Å²) in [6.45, 7) is 0.923. The third-order valence-electron chi connectivity index (χ3n) is 3.56. The number of sulfonamides is 1. The van der Waals surface area contributed by atoms with Crippen molar-refractivity contribution in [2.75, 3.05) is 13.1 Å². The van der Waals surface area contributed by atoms with Crippen molar-refractivity contribution in [3.8, 4) is 0 Å². The predicted octanol–water partition coefficient (Wildman–Crippen LogP) is 1.86. The average Bonchev–Trinajstić information content (AvgIpc) is 2.88. The van der Waals surface area contributed by atoms with Gasteiger partial charge >= 0.3 is 0 Å². The first kappa shape index (κ1) is 15.3. The Labute approximate surface area is 117 Å². The molecule has 1 fully saturated rings. The van der Waals surface area contributed by atoms with Crippen LogP contribution in [0.5, 0.6) is 0 Å². The zero-order valence-electron chi connectivity index (χ0n) is 11.1. The van der Waals surface area contributed by atoms with Crippen molar-refractivity contribution in [1.29, 1.82) is 0 Å². The molecule has 1 atom stereocenters. The van der Waals surface area contributed by atoms with Crippen molar-refractivity contribution in [1.82, 2.24) is 4.31 Å². The Bertz CT molecular complexity index is 578. The minimum atomic E-state index is -3.77. The molecule has 0 saturated carbocycles. The van der Waals surface area contributed by atoms with Crippen molar-refractivity contribution in [2.45, 2.75) is 36.6 Å². The summed E-state index contributed by atoms with van der Waals surface area (Å²) in [5.74, 6) is -2.20. The molecule has 112 valence electrons. The monoisotopic (exact) mass is 304 g/mol. The van der Waals surface area contributed by atoms with Crippen LogP contribution in [-0.4, -0.2) is 31.9 Å². The van der Waals surface area contributed by atoms with Gasteiger partial charge in [0.15, 0.2) is 11.6 Å². The molecule has 1 aliphatic heterocycles. The van der Waals surface area contributed by atoms with Crippen LogP contribution in [0, 0.1) is 11.6 Å². The third-order valence-corrected chi connectivity index (χ3v) is 5.51. The Morgan fingerprint density at radius 3 is 2.70 bits per heavy atom. The number of benzene rings is 1. The highest BCUT2D eigenvalue weighted by atomic mass is 32.2. The van der Waals surface area contributed by atoms with Crippen LogP contribution < -0.4 is 5.73 Å². The summed E-state index contributed by atoms with van der Waals surface area (Å²) in [5.41, 5.74) is 5.45. The fraction of sp³-hybridized carbons (Fsp3) is 0.538. The molecule has 0 aromatic heterocycles. The van der Waals surface area contributed by atoms with Crippen LogP contribution in [-0.2, 0) is 10.0 Å². The molecule has 0 radical (unpaired) electrons. The van der Waals surface area contributed by atoms with Crippen molar-refractivity contribution in [3.05, 3.63) is 29.8 Å². The van der Waals surface area contributed by atoms with Crippen LogP contribution in [0.3, 0.4) is 0 Å². The van der Waals surface area contributed by atoms with Crippen LogP contribution in [0.2, 0.25) is 0 Å². The molecule has 7 heteroatoms. The largest absolute Gasteiger partial charge is 0.330 e. The van der Waals surface area contributed by atoms with E-state index in [2.05, 4.69) is 0 Å². The van der Waals surface area contributed by atoms with Gasteiger partial charge in [0.25, 0.3) is 0 Å². The van der Waals surface area contributed by atoms with Gasteiger partial charge in [0.05, 0.1) is 4.90 Å². The zero-order valence-corrected chi connectivity index (χ0v) is 11.9. The van der Waals surface area contributed by atoms with Crippen LogP contribution >= 0.6 is 0 Å². The molecule has 1 aromatic carbocycles. The highest BCUT2D eigenvalue weighted by Gasteiger charge is 2.35. The lowest BCUT2D eigenvalue weighted by atomic mass is 10.1. The second-order valence-electron chi connectivity index (χ2n) is 4.92. The van der Waals surface area contributed by atoms with E-state index in [0.717, 1.165) is 37.5 Å². The third kappa shape index (κ3) is 2.99. The van der Waals surface area contributed by atoms with Gasteiger partial charge in [-0.25, -0.2) is 17.2 Å². The minimum Gasteiger partial charge on any atom is -0.330 e. The summed E-state index contributed by atoms with van der Waals surface area (Å²) < 4.78 is 52.5. The first-order valence-corrected chi connectivity index (χ1v) is 8.08. The lowest BCUT2D eigenvalue weighted by Crippen LogP contribution is -2.35. The number of nitrogens with two attached hydrogens (primary N) is 1. The molecule has 0 aliphatic carbocycles. The van der Waals surface area contributed by atoms with E-state index in [1.807, 2.05) is 0 Å².